The fraction of sp³-hybridized carbons (Fsp3) is 0.440. The summed E-state index contributed by atoms with van der Waals surface area (Å²) in [5.74, 6) is 1.12. The van der Waals surface area contributed by atoms with Gasteiger partial charge >= 0.3 is 6.09 Å². The maximum absolute atomic E-state index is 11.6. The van der Waals surface area contributed by atoms with Gasteiger partial charge in [-0.05, 0) is 61.6 Å². The zero-order valence-corrected chi connectivity index (χ0v) is 20.2. The highest BCUT2D eigenvalue weighted by Crippen LogP contribution is 2.38. The lowest BCUT2D eigenvalue weighted by Crippen LogP contribution is -2.51. The van der Waals surface area contributed by atoms with Gasteiger partial charge in [-0.15, -0.1) is 10.2 Å². The van der Waals surface area contributed by atoms with Gasteiger partial charge in [0.05, 0.1) is 5.69 Å². The highest BCUT2D eigenvalue weighted by Gasteiger charge is 2.44. The Morgan fingerprint density at radius 1 is 1.20 bits per heavy atom. The Morgan fingerprint density at radius 3 is 2.54 bits per heavy atom. The number of rotatable bonds is 8. The van der Waals surface area contributed by atoms with E-state index in [4.69, 9.17) is 9.47 Å². The number of methoxy groups -OCH3 is 1. The molecular weight excluding hydrogens is 450 g/mol. The van der Waals surface area contributed by atoms with Crippen LogP contribution in [0.15, 0.2) is 36.4 Å². The van der Waals surface area contributed by atoms with Gasteiger partial charge in [0, 0.05) is 51.0 Å². The Morgan fingerprint density at radius 2 is 1.94 bits per heavy atom. The molecule has 2 saturated heterocycles. The number of aromatic nitrogens is 2. The third kappa shape index (κ3) is 5.37. The number of amides is 2. The molecule has 0 aliphatic carbocycles. The van der Waals surface area contributed by atoms with Crippen molar-refractivity contribution in [1.29, 1.82) is 0 Å². The van der Waals surface area contributed by atoms with Crippen molar-refractivity contribution in [3.63, 3.8) is 0 Å². The van der Waals surface area contributed by atoms with Crippen molar-refractivity contribution in [2.45, 2.75) is 43.8 Å². The van der Waals surface area contributed by atoms with E-state index >= 15 is 0 Å². The molecule has 10 nitrogen and oxygen atoms in total. The molecule has 4 rings (SSSR count). The van der Waals surface area contributed by atoms with Crippen molar-refractivity contribution in [1.82, 2.24) is 20.4 Å². The number of fused-ring (bicyclic) bond motifs is 2. The van der Waals surface area contributed by atoms with Crippen molar-refractivity contribution in [3.05, 3.63) is 42.0 Å². The maximum Gasteiger partial charge on any atom is 0.407 e. The summed E-state index contributed by atoms with van der Waals surface area (Å²) in [6, 6.07) is 9.76. The van der Waals surface area contributed by atoms with E-state index in [1.165, 1.54) is 6.08 Å². The molecule has 2 aliphatic heterocycles. The number of likely N-dealkylation sites (N-methyl/N-ethyl adjacent to an activating group) is 1. The first kappa shape index (κ1) is 24.5. The number of hydrogen-bond acceptors (Lipinski definition) is 7. The van der Waals surface area contributed by atoms with E-state index in [-0.39, 0.29) is 30.8 Å². The number of anilines is 1. The second-order valence-corrected chi connectivity index (χ2v) is 8.84. The summed E-state index contributed by atoms with van der Waals surface area (Å²) in [5.41, 5.74) is 2.21. The summed E-state index contributed by atoms with van der Waals surface area (Å²) >= 11 is 0. The molecule has 2 N–H and O–H groups in total. The summed E-state index contributed by atoms with van der Waals surface area (Å²) in [6.07, 6.45) is 5.77. The van der Waals surface area contributed by atoms with Crippen LogP contribution >= 0.6 is 0 Å². The number of hydrogen-bond donors (Lipinski definition) is 2. The molecule has 0 saturated carbocycles. The molecular formula is C25H31N5O5. The van der Waals surface area contributed by atoms with Crippen LogP contribution in [-0.4, -0.2) is 78.3 Å². The minimum atomic E-state index is -0.815. The summed E-state index contributed by atoms with van der Waals surface area (Å²) in [5, 5.41) is 21.0. The van der Waals surface area contributed by atoms with Gasteiger partial charge in [-0.3, -0.25) is 4.79 Å². The SMILES string of the molecule is CNC(=O)/C=C/c1ccc(-c2ccc(N(C)C3CC4CCC(C3)N4C(=O)O)nn2)c(OCOC)c1. The average molecular weight is 482 g/mol. The predicted octanol–water partition coefficient (Wildman–Crippen LogP) is 3.00. The van der Waals surface area contributed by atoms with Crippen molar-refractivity contribution in [3.8, 4) is 17.0 Å². The molecule has 2 fully saturated rings. The van der Waals surface area contributed by atoms with E-state index in [1.807, 2.05) is 37.4 Å². The van der Waals surface area contributed by atoms with Gasteiger partial charge in [-0.2, -0.15) is 0 Å². The number of carbonyl (C=O) groups is 2. The number of carbonyl (C=O) groups excluding carboxylic acids is 1. The Kier molecular flexibility index (Phi) is 7.50. The maximum atomic E-state index is 11.6. The van der Waals surface area contributed by atoms with Crippen molar-refractivity contribution < 1.29 is 24.2 Å². The minimum Gasteiger partial charge on any atom is -0.467 e. The van der Waals surface area contributed by atoms with Crippen LogP contribution in [0.3, 0.4) is 0 Å². The molecule has 2 unspecified atom stereocenters. The summed E-state index contributed by atoms with van der Waals surface area (Å²) < 4.78 is 10.8. The van der Waals surface area contributed by atoms with E-state index in [9.17, 15) is 14.7 Å². The first-order chi connectivity index (χ1) is 16.9. The van der Waals surface area contributed by atoms with E-state index < -0.39 is 6.09 Å². The minimum absolute atomic E-state index is 0.0707. The lowest BCUT2D eigenvalue weighted by Gasteiger charge is -2.41. The number of nitrogens with one attached hydrogen (secondary N) is 1. The fourth-order valence-corrected chi connectivity index (χ4v) is 4.97. The van der Waals surface area contributed by atoms with Crippen LogP contribution in [0.2, 0.25) is 0 Å². The number of nitrogens with zero attached hydrogens (tertiary/aromatic N) is 4. The van der Waals surface area contributed by atoms with Crippen molar-refractivity contribution >= 4 is 23.9 Å². The molecule has 2 aliphatic rings. The van der Waals surface area contributed by atoms with Gasteiger partial charge < -0.3 is 29.7 Å². The molecule has 1 aromatic carbocycles. The molecule has 3 heterocycles. The molecule has 2 amide bonds. The molecule has 186 valence electrons. The largest absolute Gasteiger partial charge is 0.467 e. The second kappa shape index (κ2) is 10.7. The van der Waals surface area contributed by atoms with Crippen LogP contribution in [-0.2, 0) is 9.53 Å². The third-order valence-corrected chi connectivity index (χ3v) is 6.78. The number of ether oxygens (including phenoxy) is 2. The number of benzene rings is 1. The zero-order valence-electron chi connectivity index (χ0n) is 20.2. The molecule has 2 bridgehead atoms. The van der Waals surface area contributed by atoms with Crippen LogP contribution in [0.4, 0.5) is 10.6 Å². The van der Waals surface area contributed by atoms with Gasteiger partial charge in [0.1, 0.15) is 5.75 Å². The van der Waals surface area contributed by atoms with Gasteiger partial charge in [-0.1, -0.05) is 6.07 Å². The van der Waals surface area contributed by atoms with Crippen molar-refractivity contribution in [2.24, 2.45) is 0 Å². The Balaban J connectivity index is 1.51. The van der Waals surface area contributed by atoms with Gasteiger partial charge in [0.15, 0.2) is 12.6 Å². The number of piperidine rings is 1. The molecule has 1 aromatic heterocycles. The van der Waals surface area contributed by atoms with Crippen LogP contribution < -0.4 is 15.0 Å². The smallest absolute Gasteiger partial charge is 0.407 e. The first-order valence-corrected chi connectivity index (χ1v) is 11.6. The van der Waals surface area contributed by atoms with E-state index in [0.29, 0.717) is 11.4 Å². The summed E-state index contributed by atoms with van der Waals surface area (Å²) in [4.78, 5) is 26.8. The fourth-order valence-electron chi connectivity index (χ4n) is 4.97. The van der Waals surface area contributed by atoms with E-state index in [2.05, 4.69) is 20.4 Å². The van der Waals surface area contributed by atoms with Gasteiger partial charge in [-0.25, -0.2) is 4.79 Å². The topological polar surface area (TPSA) is 117 Å². The van der Waals surface area contributed by atoms with Crippen LogP contribution in [0.1, 0.15) is 31.2 Å². The lowest BCUT2D eigenvalue weighted by molar-refractivity contribution is -0.115. The zero-order chi connectivity index (χ0) is 24.9. The molecule has 2 aromatic rings. The molecule has 0 radical (unpaired) electrons. The van der Waals surface area contributed by atoms with Crippen LogP contribution in [0.5, 0.6) is 5.75 Å². The van der Waals surface area contributed by atoms with Crippen molar-refractivity contribution in [2.75, 3.05) is 32.9 Å². The summed E-state index contributed by atoms with van der Waals surface area (Å²) in [7, 11) is 5.11. The molecule has 35 heavy (non-hydrogen) atoms. The lowest BCUT2D eigenvalue weighted by atomic mass is 9.96. The highest BCUT2D eigenvalue weighted by molar-refractivity contribution is 5.91. The standard InChI is InChI=1S/C25H31N5O5/c1-26-24(31)11-5-16-4-8-20(22(12-16)35-15-34-3)21-9-10-23(28-27-21)29(2)19-13-17-6-7-18(14-19)30(17)25(32)33/h4-5,8-12,17-19H,6-7,13-15H2,1-3H3,(H,26,31)(H,32,33)/b11-5+. The Labute approximate surface area is 204 Å². The monoisotopic (exact) mass is 481 g/mol. The average Bonchev–Trinajstić information content (AvgIpc) is 3.15. The number of carboxylic acid groups (broad SMARTS) is 1. The molecule has 2 atom stereocenters. The quantitative estimate of drug-likeness (QED) is 0.437. The second-order valence-electron chi connectivity index (χ2n) is 8.84. The molecule has 10 heteroatoms. The van der Waals surface area contributed by atoms with E-state index in [0.717, 1.165) is 42.6 Å². The molecule has 0 spiro atoms. The van der Waals surface area contributed by atoms with E-state index in [1.54, 1.807) is 25.1 Å². The summed E-state index contributed by atoms with van der Waals surface area (Å²) in [6.45, 7) is 0.0707. The Bertz CT molecular complexity index is 1080. The Hall–Kier alpha value is -3.66. The third-order valence-electron chi connectivity index (χ3n) is 6.78. The van der Waals surface area contributed by atoms with Gasteiger partial charge in [0.2, 0.25) is 5.91 Å². The van der Waals surface area contributed by atoms with Crippen LogP contribution in [0.25, 0.3) is 17.3 Å². The van der Waals surface area contributed by atoms with Crippen LogP contribution in [0, 0.1) is 0 Å². The first-order valence-electron chi connectivity index (χ1n) is 11.6. The normalized spacial score (nSPS) is 21.2. The van der Waals surface area contributed by atoms with Gasteiger partial charge in [0.25, 0.3) is 0 Å². The highest BCUT2D eigenvalue weighted by atomic mass is 16.7. The predicted molar refractivity (Wildman–Crippen MR) is 131 cm³/mol.